The Morgan fingerprint density at radius 1 is 1.39 bits per heavy atom. The molecule has 1 heterocycles. The summed E-state index contributed by atoms with van der Waals surface area (Å²) in [5, 5.41) is 9.01. The summed E-state index contributed by atoms with van der Waals surface area (Å²) in [5.41, 5.74) is 0.620. The first-order chi connectivity index (χ1) is 8.64. The average molecular weight is 250 g/mol. The van der Waals surface area contributed by atoms with Crippen molar-refractivity contribution < 1.29 is 24.1 Å². The van der Waals surface area contributed by atoms with E-state index >= 15 is 0 Å². The Morgan fingerprint density at radius 2 is 2.06 bits per heavy atom. The van der Waals surface area contributed by atoms with Crippen molar-refractivity contribution in [3.8, 4) is 17.2 Å². The molecule has 3 rings (SSSR count). The van der Waals surface area contributed by atoms with Gasteiger partial charge >= 0.3 is 5.97 Å². The van der Waals surface area contributed by atoms with E-state index in [-0.39, 0.29) is 18.6 Å². The van der Waals surface area contributed by atoms with Gasteiger partial charge in [-0.3, -0.25) is 4.79 Å². The molecule has 1 fully saturated rings. The Kier molecular flexibility index (Phi) is 2.36. The lowest BCUT2D eigenvalue weighted by molar-refractivity contribution is -0.137. The van der Waals surface area contributed by atoms with Gasteiger partial charge in [-0.2, -0.15) is 0 Å². The van der Waals surface area contributed by atoms with E-state index in [1.165, 1.54) is 0 Å². The molecule has 0 aromatic heterocycles. The summed E-state index contributed by atoms with van der Waals surface area (Å²) in [5.74, 6) is 1.22. The highest BCUT2D eigenvalue weighted by molar-refractivity contribution is 5.71. The number of carboxylic acids is 1. The summed E-state index contributed by atoms with van der Waals surface area (Å²) in [7, 11) is 1.58. The number of hydrogen-bond acceptors (Lipinski definition) is 4. The SMILES string of the molecule is COc1cc2c(cc1C1(CC(=O)O)CC1)OCO2. The standard InChI is InChI=1S/C13H14O5/c1-16-9-5-11-10(17-7-18-11)4-8(9)13(2-3-13)6-12(14)15/h4-5H,2-3,6-7H2,1H3,(H,14,15). The number of ether oxygens (including phenoxy) is 3. The van der Waals surface area contributed by atoms with Crippen molar-refractivity contribution in [3.05, 3.63) is 17.7 Å². The summed E-state index contributed by atoms with van der Waals surface area (Å²) in [6, 6.07) is 3.64. The molecule has 1 saturated carbocycles. The Hall–Kier alpha value is -1.91. The van der Waals surface area contributed by atoms with Crippen LogP contribution in [0.25, 0.3) is 0 Å². The zero-order valence-corrected chi connectivity index (χ0v) is 10.1. The maximum Gasteiger partial charge on any atom is 0.304 e. The molecule has 0 atom stereocenters. The number of carbonyl (C=O) groups is 1. The van der Waals surface area contributed by atoms with E-state index in [1.54, 1.807) is 13.2 Å². The molecule has 0 spiro atoms. The molecular formula is C13H14O5. The van der Waals surface area contributed by atoms with Gasteiger partial charge < -0.3 is 19.3 Å². The van der Waals surface area contributed by atoms with Crippen LogP contribution in [0.2, 0.25) is 0 Å². The Labute approximate surface area is 104 Å². The van der Waals surface area contributed by atoms with Crippen molar-refractivity contribution in [2.45, 2.75) is 24.7 Å². The van der Waals surface area contributed by atoms with Crippen LogP contribution in [0.3, 0.4) is 0 Å². The van der Waals surface area contributed by atoms with Gasteiger partial charge in [0, 0.05) is 17.0 Å². The summed E-state index contributed by atoms with van der Waals surface area (Å²) in [4.78, 5) is 11.0. The summed E-state index contributed by atoms with van der Waals surface area (Å²) in [6.45, 7) is 0.202. The second-order valence-electron chi connectivity index (χ2n) is 4.76. The minimum absolute atomic E-state index is 0.128. The third-order valence-corrected chi connectivity index (χ3v) is 3.61. The smallest absolute Gasteiger partial charge is 0.304 e. The number of fused-ring (bicyclic) bond motifs is 1. The van der Waals surface area contributed by atoms with Crippen molar-refractivity contribution in [2.75, 3.05) is 13.9 Å². The molecule has 0 saturated heterocycles. The van der Waals surface area contributed by atoms with Gasteiger partial charge in [0.25, 0.3) is 0 Å². The van der Waals surface area contributed by atoms with Crippen LogP contribution in [-0.4, -0.2) is 25.0 Å². The van der Waals surface area contributed by atoms with E-state index in [4.69, 9.17) is 19.3 Å². The van der Waals surface area contributed by atoms with Gasteiger partial charge in [-0.15, -0.1) is 0 Å². The Balaban J connectivity index is 2.03. The third-order valence-electron chi connectivity index (χ3n) is 3.61. The van der Waals surface area contributed by atoms with Crippen LogP contribution < -0.4 is 14.2 Å². The van der Waals surface area contributed by atoms with Crippen LogP contribution >= 0.6 is 0 Å². The molecule has 1 aromatic rings. The minimum Gasteiger partial charge on any atom is -0.496 e. The fourth-order valence-electron chi connectivity index (χ4n) is 2.49. The third kappa shape index (κ3) is 1.66. The molecule has 18 heavy (non-hydrogen) atoms. The highest BCUT2D eigenvalue weighted by Crippen LogP contribution is 2.56. The summed E-state index contributed by atoms with van der Waals surface area (Å²) >= 11 is 0. The molecule has 0 amide bonds. The van der Waals surface area contributed by atoms with Crippen LogP contribution in [0.15, 0.2) is 12.1 Å². The van der Waals surface area contributed by atoms with Crippen molar-refractivity contribution in [3.63, 3.8) is 0 Å². The van der Waals surface area contributed by atoms with Gasteiger partial charge in [-0.1, -0.05) is 0 Å². The number of carboxylic acid groups (broad SMARTS) is 1. The van der Waals surface area contributed by atoms with Crippen molar-refractivity contribution in [1.82, 2.24) is 0 Å². The van der Waals surface area contributed by atoms with Gasteiger partial charge in [0.2, 0.25) is 6.79 Å². The lowest BCUT2D eigenvalue weighted by atomic mass is 9.91. The second-order valence-corrected chi connectivity index (χ2v) is 4.76. The van der Waals surface area contributed by atoms with Crippen LogP contribution in [-0.2, 0) is 10.2 Å². The summed E-state index contributed by atoms with van der Waals surface area (Å²) in [6.07, 6.45) is 1.87. The highest BCUT2D eigenvalue weighted by Gasteiger charge is 2.48. The van der Waals surface area contributed by atoms with E-state index in [9.17, 15) is 4.79 Å². The molecule has 1 N–H and O–H groups in total. The maximum absolute atomic E-state index is 11.0. The molecule has 1 aliphatic carbocycles. The Morgan fingerprint density at radius 3 is 2.61 bits per heavy atom. The fraction of sp³-hybridized carbons (Fsp3) is 0.462. The van der Waals surface area contributed by atoms with Gasteiger partial charge in [-0.05, 0) is 18.9 Å². The van der Waals surface area contributed by atoms with Crippen molar-refractivity contribution >= 4 is 5.97 Å². The first-order valence-electron chi connectivity index (χ1n) is 5.84. The fourth-order valence-corrected chi connectivity index (χ4v) is 2.49. The van der Waals surface area contributed by atoms with E-state index in [1.807, 2.05) is 6.07 Å². The predicted molar refractivity (Wildman–Crippen MR) is 62.3 cm³/mol. The number of aliphatic carboxylic acids is 1. The molecule has 5 nitrogen and oxygen atoms in total. The monoisotopic (exact) mass is 250 g/mol. The quantitative estimate of drug-likeness (QED) is 0.884. The first-order valence-corrected chi connectivity index (χ1v) is 5.84. The number of benzene rings is 1. The van der Waals surface area contributed by atoms with Crippen molar-refractivity contribution in [2.24, 2.45) is 0 Å². The predicted octanol–water partition coefficient (Wildman–Crippen LogP) is 1.93. The highest BCUT2D eigenvalue weighted by atomic mass is 16.7. The lowest BCUT2D eigenvalue weighted by Gasteiger charge is -2.17. The van der Waals surface area contributed by atoms with E-state index in [0.29, 0.717) is 17.2 Å². The molecule has 0 unspecified atom stereocenters. The molecule has 1 aliphatic heterocycles. The van der Waals surface area contributed by atoms with E-state index in [0.717, 1.165) is 18.4 Å². The van der Waals surface area contributed by atoms with E-state index < -0.39 is 5.97 Å². The average Bonchev–Trinajstić information content (AvgIpc) is 2.96. The molecule has 1 aromatic carbocycles. The minimum atomic E-state index is -0.785. The number of rotatable bonds is 4. The molecular weight excluding hydrogens is 236 g/mol. The van der Waals surface area contributed by atoms with Crippen LogP contribution in [0, 0.1) is 0 Å². The van der Waals surface area contributed by atoms with Gasteiger partial charge in [0.05, 0.1) is 13.5 Å². The molecule has 0 bridgehead atoms. The topological polar surface area (TPSA) is 65.0 Å². The largest absolute Gasteiger partial charge is 0.496 e. The van der Waals surface area contributed by atoms with Crippen LogP contribution in [0.4, 0.5) is 0 Å². The first kappa shape index (κ1) is 11.2. The normalized spacial score (nSPS) is 18.5. The molecule has 96 valence electrons. The van der Waals surface area contributed by atoms with Gasteiger partial charge in [0.1, 0.15) is 5.75 Å². The Bertz CT molecular complexity index is 504. The van der Waals surface area contributed by atoms with Crippen molar-refractivity contribution in [1.29, 1.82) is 0 Å². The second kappa shape index (κ2) is 3.80. The molecule has 5 heteroatoms. The zero-order chi connectivity index (χ0) is 12.8. The van der Waals surface area contributed by atoms with Gasteiger partial charge in [0.15, 0.2) is 11.5 Å². The van der Waals surface area contributed by atoms with Crippen LogP contribution in [0.1, 0.15) is 24.8 Å². The molecule has 2 aliphatic rings. The number of hydrogen-bond donors (Lipinski definition) is 1. The lowest BCUT2D eigenvalue weighted by Crippen LogP contribution is -2.14. The van der Waals surface area contributed by atoms with Gasteiger partial charge in [-0.25, -0.2) is 0 Å². The summed E-state index contributed by atoms with van der Waals surface area (Å²) < 4.78 is 16.0. The van der Waals surface area contributed by atoms with E-state index in [2.05, 4.69) is 0 Å². The van der Waals surface area contributed by atoms with Crippen LogP contribution in [0.5, 0.6) is 17.2 Å². The number of methoxy groups -OCH3 is 1. The zero-order valence-electron chi connectivity index (χ0n) is 10.1. The molecule has 0 radical (unpaired) electrons. The maximum atomic E-state index is 11.0.